The van der Waals surface area contributed by atoms with E-state index in [0.717, 1.165) is 23.1 Å². The lowest BCUT2D eigenvalue weighted by Crippen LogP contribution is -2.24. The SMILES string of the molecule is Cc1cccc(N2CCCC2=O)c1Br. The van der Waals surface area contributed by atoms with Gasteiger partial charge in [0, 0.05) is 17.4 Å². The van der Waals surface area contributed by atoms with Gasteiger partial charge in [-0.2, -0.15) is 0 Å². The highest BCUT2D eigenvalue weighted by molar-refractivity contribution is 9.10. The van der Waals surface area contributed by atoms with E-state index in [9.17, 15) is 4.79 Å². The molecule has 3 heteroatoms. The first-order valence-electron chi connectivity index (χ1n) is 4.75. The molecule has 0 saturated carbocycles. The topological polar surface area (TPSA) is 20.3 Å². The standard InChI is InChI=1S/C11H12BrNO/c1-8-4-2-5-9(11(8)12)13-7-3-6-10(13)14/h2,4-5H,3,6-7H2,1H3. The van der Waals surface area contributed by atoms with Crippen LogP contribution in [-0.2, 0) is 4.79 Å². The zero-order chi connectivity index (χ0) is 10.1. The van der Waals surface area contributed by atoms with Crippen molar-refractivity contribution in [2.24, 2.45) is 0 Å². The van der Waals surface area contributed by atoms with Gasteiger partial charge in [0.15, 0.2) is 0 Å². The number of halogens is 1. The van der Waals surface area contributed by atoms with Gasteiger partial charge in [-0.1, -0.05) is 12.1 Å². The molecular weight excluding hydrogens is 242 g/mol. The van der Waals surface area contributed by atoms with Crippen molar-refractivity contribution in [3.05, 3.63) is 28.2 Å². The van der Waals surface area contributed by atoms with Crippen LogP contribution in [0.2, 0.25) is 0 Å². The molecule has 1 amide bonds. The van der Waals surface area contributed by atoms with E-state index in [1.54, 1.807) is 0 Å². The average Bonchev–Trinajstić information content (AvgIpc) is 2.57. The van der Waals surface area contributed by atoms with Crippen LogP contribution >= 0.6 is 15.9 Å². The maximum absolute atomic E-state index is 11.5. The molecule has 1 aromatic rings. The molecule has 1 saturated heterocycles. The lowest BCUT2D eigenvalue weighted by atomic mass is 10.2. The van der Waals surface area contributed by atoms with Gasteiger partial charge in [0.25, 0.3) is 0 Å². The first kappa shape index (κ1) is 9.71. The summed E-state index contributed by atoms with van der Waals surface area (Å²) in [6, 6.07) is 6.01. The third kappa shape index (κ3) is 1.57. The van der Waals surface area contributed by atoms with Crippen LogP contribution in [-0.4, -0.2) is 12.5 Å². The molecule has 1 aromatic carbocycles. The van der Waals surface area contributed by atoms with Gasteiger partial charge < -0.3 is 4.90 Å². The van der Waals surface area contributed by atoms with Crippen LogP contribution in [0.5, 0.6) is 0 Å². The summed E-state index contributed by atoms with van der Waals surface area (Å²) in [6.45, 7) is 2.88. The molecule has 0 aromatic heterocycles. The fraction of sp³-hybridized carbons (Fsp3) is 0.364. The summed E-state index contributed by atoms with van der Waals surface area (Å²) in [5.41, 5.74) is 2.18. The van der Waals surface area contributed by atoms with Crippen molar-refractivity contribution >= 4 is 27.5 Å². The first-order chi connectivity index (χ1) is 6.70. The molecule has 0 bridgehead atoms. The molecule has 0 spiro atoms. The lowest BCUT2D eigenvalue weighted by Gasteiger charge is -2.18. The van der Waals surface area contributed by atoms with Gasteiger partial charge >= 0.3 is 0 Å². The third-order valence-corrected chi connectivity index (χ3v) is 3.57. The summed E-state index contributed by atoms with van der Waals surface area (Å²) in [5, 5.41) is 0. The maximum Gasteiger partial charge on any atom is 0.227 e. The fourth-order valence-corrected chi connectivity index (χ4v) is 2.22. The van der Waals surface area contributed by atoms with Crippen molar-refractivity contribution in [2.75, 3.05) is 11.4 Å². The molecule has 0 atom stereocenters. The number of hydrogen-bond donors (Lipinski definition) is 0. The minimum Gasteiger partial charge on any atom is -0.311 e. The molecule has 1 heterocycles. The number of aryl methyl sites for hydroxylation is 1. The summed E-state index contributed by atoms with van der Waals surface area (Å²) < 4.78 is 1.04. The Balaban J connectivity index is 2.41. The maximum atomic E-state index is 11.5. The molecule has 14 heavy (non-hydrogen) atoms. The average molecular weight is 254 g/mol. The second-order valence-electron chi connectivity index (χ2n) is 3.56. The molecule has 1 aliphatic heterocycles. The normalized spacial score (nSPS) is 16.4. The lowest BCUT2D eigenvalue weighted by molar-refractivity contribution is -0.117. The largest absolute Gasteiger partial charge is 0.311 e. The van der Waals surface area contributed by atoms with Crippen molar-refractivity contribution in [3.63, 3.8) is 0 Å². The zero-order valence-corrected chi connectivity index (χ0v) is 9.67. The van der Waals surface area contributed by atoms with Crippen molar-refractivity contribution in [3.8, 4) is 0 Å². The second kappa shape index (κ2) is 3.73. The highest BCUT2D eigenvalue weighted by Gasteiger charge is 2.23. The van der Waals surface area contributed by atoms with Crippen LogP contribution in [0.3, 0.4) is 0 Å². The Morgan fingerprint density at radius 2 is 2.21 bits per heavy atom. The Labute approximate surface area is 92.0 Å². The predicted octanol–water partition coefficient (Wildman–Crippen LogP) is 2.88. The van der Waals surface area contributed by atoms with E-state index in [1.165, 1.54) is 5.56 Å². The Bertz CT molecular complexity index is 376. The van der Waals surface area contributed by atoms with Gasteiger partial charge in [-0.05, 0) is 40.9 Å². The van der Waals surface area contributed by atoms with Gasteiger partial charge in [0.05, 0.1) is 5.69 Å². The van der Waals surface area contributed by atoms with Crippen LogP contribution in [0.15, 0.2) is 22.7 Å². The van der Waals surface area contributed by atoms with E-state index in [1.807, 2.05) is 30.0 Å². The molecule has 0 radical (unpaired) electrons. The fourth-order valence-electron chi connectivity index (χ4n) is 1.74. The summed E-state index contributed by atoms with van der Waals surface area (Å²) in [7, 11) is 0. The molecule has 2 nitrogen and oxygen atoms in total. The van der Waals surface area contributed by atoms with Gasteiger partial charge in [0.1, 0.15) is 0 Å². The van der Waals surface area contributed by atoms with Crippen LogP contribution in [0.1, 0.15) is 18.4 Å². The van der Waals surface area contributed by atoms with Crippen molar-refractivity contribution in [1.29, 1.82) is 0 Å². The number of carbonyl (C=O) groups is 1. The minimum atomic E-state index is 0.233. The Morgan fingerprint density at radius 1 is 1.43 bits per heavy atom. The van der Waals surface area contributed by atoms with Crippen molar-refractivity contribution in [2.45, 2.75) is 19.8 Å². The molecule has 0 unspecified atom stereocenters. The monoisotopic (exact) mass is 253 g/mol. The summed E-state index contributed by atoms with van der Waals surface area (Å²) >= 11 is 3.52. The van der Waals surface area contributed by atoms with Crippen molar-refractivity contribution < 1.29 is 4.79 Å². The molecule has 0 aliphatic carbocycles. The van der Waals surface area contributed by atoms with Crippen LogP contribution < -0.4 is 4.90 Å². The first-order valence-corrected chi connectivity index (χ1v) is 5.55. The molecule has 1 aliphatic rings. The highest BCUT2D eigenvalue weighted by atomic mass is 79.9. The number of benzene rings is 1. The number of rotatable bonds is 1. The summed E-state index contributed by atoms with van der Waals surface area (Å²) in [4.78, 5) is 13.4. The molecular formula is C11H12BrNO. The van der Waals surface area contributed by atoms with E-state index in [0.29, 0.717) is 6.42 Å². The number of amides is 1. The predicted molar refractivity (Wildman–Crippen MR) is 60.5 cm³/mol. The number of nitrogens with zero attached hydrogens (tertiary/aromatic N) is 1. The second-order valence-corrected chi connectivity index (χ2v) is 4.35. The van der Waals surface area contributed by atoms with Gasteiger partial charge in [-0.15, -0.1) is 0 Å². The van der Waals surface area contributed by atoms with E-state index in [-0.39, 0.29) is 5.91 Å². The number of carbonyl (C=O) groups excluding carboxylic acids is 1. The van der Waals surface area contributed by atoms with E-state index >= 15 is 0 Å². The minimum absolute atomic E-state index is 0.233. The number of hydrogen-bond acceptors (Lipinski definition) is 1. The van der Waals surface area contributed by atoms with Gasteiger partial charge in [-0.3, -0.25) is 4.79 Å². The Kier molecular flexibility index (Phi) is 2.59. The molecule has 0 N–H and O–H groups in total. The van der Waals surface area contributed by atoms with Crippen LogP contribution in [0.4, 0.5) is 5.69 Å². The van der Waals surface area contributed by atoms with E-state index < -0.39 is 0 Å². The molecule has 1 fully saturated rings. The van der Waals surface area contributed by atoms with Crippen LogP contribution in [0, 0.1) is 6.92 Å². The Morgan fingerprint density at radius 3 is 2.86 bits per heavy atom. The van der Waals surface area contributed by atoms with Gasteiger partial charge in [-0.25, -0.2) is 0 Å². The number of anilines is 1. The zero-order valence-electron chi connectivity index (χ0n) is 8.09. The van der Waals surface area contributed by atoms with E-state index in [2.05, 4.69) is 15.9 Å². The van der Waals surface area contributed by atoms with Crippen LogP contribution in [0.25, 0.3) is 0 Å². The Hall–Kier alpha value is -0.830. The smallest absolute Gasteiger partial charge is 0.227 e. The molecule has 74 valence electrons. The quantitative estimate of drug-likeness (QED) is 0.754. The molecule has 2 rings (SSSR count). The van der Waals surface area contributed by atoms with Gasteiger partial charge in [0.2, 0.25) is 5.91 Å². The summed E-state index contributed by atoms with van der Waals surface area (Å²) in [6.07, 6.45) is 1.65. The summed E-state index contributed by atoms with van der Waals surface area (Å²) in [5.74, 6) is 0.233. The van der Waals surface area contributed by atoms with Crippen molar-refractivity contribution in [1.82, 2.24) is 0 Å². The highest BCUT2D eigenvalue weighted by Crippen LogP contribution is 2.31. The van der Waals surface area contributed by atoms with E-state index in [4.69, 9.17) is 0 Å². The third-order valence-electron chi connectivity index (χ3n) is 2.54.